The Hall–Kier alpha value is -1.68. The van der Waals surface area contributed by atoms with E-state index in [9.17, 15) is 4.79 Å². The molecular weight excluding hydrogens is 182 g/mol. The highest BCUT2D eigenvalue weighted by molar-refractivity contribution is 5.83. The van der Waals surface area contributed by atoms with Crippen molar-refractivity contribution in [1.29, 1.82) is 0 Å². The lowest BCUT2D eigenvalue weighted by molar-refractivity contribution is -0.139. The molecule has 0 aromatic heterocycles. The van der Waals surface area contributed by atoms with Gasteiger partial charge in [-0.2, -0.15) is 0 Å². The fourth-order valence-corrected chi connectivity index (χ4v) is 0.904. The van der Waals surface area contributed by atoms with Crippen LogP contribution in [0.1, 0.15) is 5.56 Å². The Bertz CT molecular complexity index is 321. The monoisotopic (exact) mass is 193 g/mol. The maximum Gasteiger partial charge on any atom is 0.330 e. The molecule has 0 fully saturated rings. The zero-order valence-electron chi connectivity index (χ0n) is 7.50. The minimum absolute atomic E-state index is 0.487. The van der Waals surface area contributed by atoms with Gasteiger partial charge < -0.3 is 10.2 Å². The van der Waals surface area contributed by atoms with Crippen molar-refractivity contribution in [3.8, 4) is 0 Å². The Morgan fingerprint density at radius 2 is 2.07 bits per heavy atom. The summed E-state index contributed by atoms with van der Waals surface area (Å²) in [5.74, 6) is -1.13. The third-order valence-corrected chi connectivity index (χ3v) is 1.66. The summed E-state index contributed by atoms with van der Waals surface area (Å²) in [5, 5.41) is 17.3. The van der Waals surface area contributed by atoms with Crippen molar-refractivity contribution in [2.75, 3.05) is 6.61 Å². The Morgan fingerprint density at radius 3 is 2.57 bits per heavy atom. The lowest BCUT2D eigenvalue weighted by Gasteiger charge is -2.01. The molecule has 1 atom stereocenters. The first-order valence-electron chi connectivity index (χ1n) is 4.16. The molecule has 1 aromatic rings. The van der Waals surface area contributed by atoms with Crippen LogP contribution >= 0.6 is 0 Å². The normalized spacial score (nSPS) is 12.9. The number of aliphatic hydroxyl groups is 1. The second kappa shape index (κ2) is 5.14. The van der Waals surface area contributed by atoms with Crippen molar-refractivity contribution < 1.29 is 15.0 Å². The van der Waals surface area contributed by atoms with Crippen LogP contribution in [0.4, 0.5) is 0 Å². The van der Waals surface area contributed by atoms with E-state index >= 15 is 0 Å². The van der Waals surface area contributed by atoms with Crippen LogP contribution in [0.15, 0.2) is 35.3 Å². The van der Waals surface area contributed by atoms with Gasteiger partial charge in [0.15, 0.2) is 6.04 Å². The quantitative estimate of drug-likeness (QED) is 0.686. The largest absolute Gasteiger partial charge is 0.480 e. The predicted molar refractivity (Wildman–Crippen MR) is 52.5 cm³/mol. The summed E-state index contributed by atoms with van der Waals surface area (Å²) in [5.41, 5.74) is 0.812. The SMILES string of the molecule is O=C(O)[C@H](CO)N=Cc1ccccc1. The van der Waals surface area contributed by atoms with E-state index in [1.54, 1.807) is 12.1 Å². The number of aliphatic imine (C=N–C) groups is 1. The first-order valence-corrected chi connectivity index (χ1v) is 4.16. The third kappa shape index (κ3) is 2.99. The Kier molecular flexibility index (Phi) is 3.82. The van der Waals surface area contributed by atoms with Crippen molar-refractivity contribution in [2.24, 2.45) is 4.99 Å². The van der Waals surface area contributed by atoms with Crippen LogP contribution in [0.3, 0.4) is 0 Å². The van der Waals surface area contributed by atoms with E-state index in [1.807, 2.05) is 18.2 Å². The van der Waals surface area contributed by atoms with Gasteiger partial charge in [0.1, 0.15) is 0 Å². The summed E-state index contributed by atoms with van der Waals surface area (Å²) in [6.45, 7) is -0.487. The van der Waals surface area contributed by atoms with Crippen molar-refractivity contribution in [3.05, 3.63) is 35.9 Å². The number of hydrogen-bond donors (Lipinski definition) is 2. The average molecular weight is 193 g/mol. The van der Waals surface area contributed by atoms with E-state index in [2.05, 4.69) is 4.99 Å². The Balaban J connectivity index is 2.67. The number of nitrogens with zero attached hydrogens (tertiary/aromatic N) is 1. The summed E-state index contributed by atoms with van der Waals surface area (Å²) in [6.07, 6.45) is 1.44. The third-order valence-electron chi connectivity index (χ3n) is 1.66. The number of carboxylic acid groups (broad SMARTS) is 1. The molecule has 0 aliphatic rings. The molecule has 74 valence electrons. The first-order chi connectivity index (χ1) is 6.74. The molecule has 4 heteroatoms. The summed E-state index contributed by atoms with van der Waals surface area (Å²) in [7, 11) is 0. The molecule has 0 amide bonds. The molecule has 0 unspecified atom stereocenters. The molecule has 1 aromatic carbocycles. The maximum absolute atomic E-state index is 10.5. The molecule has 0 heterocycles. The van der Waals surface area contributed by atoms with Gasteiger partial charge in [0.25, 0.3) is 0 Å². The lowest BCUT2D eigenvalue weighted by Crippen LogP contribution is -2.22. The van der Waals surface area contributed by atoms with Gasteiger partial charge in [-0.15, -0.1) is 0 Å². The number of carboxylic acids is 1. The highest BCUT2D eigenvalue weighted by Gasteiger charge is 2.12. The minimum atomic E-state index is -1.13. The Morgan fingerprint density at radius 1 is 1.43 bits per heavy atom. The van der Waals surface area contributed by atoms with Gasteiger partial charge in [-0.3, -0.25) is 4.99 Å². The summed E-state index contributed by atoms with van der Waals surface area (Å²) >= 11 is 0. The molecule has 0 saturated carbocycles. The van der Waals surface area contributed by atoms with E-state index in [4.69, 9.17) is 10.2 Å². The van der Waals surface area contributed by atoms with E-state index in [0.29, 0.717) is 0 Å². The summed E-state index contributed by atoms with van der Waals surface area (Å²) in [6, 6.07) is 8.05. The van der Waals surface area contributed by atoms with E-state index in [0.717, 1.165) is 5.56 Å². The fourth-order valence-electron chi connectivity index (χ4n) is 0.904. The standard InChI is InChI=1S/C10H11NO3/c12-7-9(10(13)14)11-6-8-4-2-1-3-5-8/h1-6,9,12H,7H2,(H,13,14)/t9-/m0/s1. The van der Waals surface area contributed by atoms with Gasteiger partial charge in [-0.1, -0.05) is 30.3 Å². The topological polar surface area (TPSA) is 69.9 Å². The van der Waals surface area contributed by atoms with Crippen molar-refractivity contribution in [1.82, 2.24) is 0 Å². The van der Waals surface area contributed by atoms with Crippen LogP contribution in [0.5, 0.6) is 0 Å². The van der Waals surface area contributed by atoms with Crippen LogP contribution in [-0.4, -0.2) is 35.0 Å². The molecule has 0 aliphatic carbocycles. The van der Waals surface area contributed by atoms with E-state index < -0.39 is 18.6 Å². The molecule has 14 heavy (non-hydrogen) atoms. The summed E-state index contributed by atoms with van der Waals surface area (Å²) < 4.78 is 0. The molecule has 4 nitrogen and oxygen atoms in total. The highest BCUT2D eigenvalue weighted by atomic mass is 16.4. The zero-order valence-corrected chi connectivity index (χ0v) is 7.50. The van der Waals surface area contributed by atoms with Crippen LogP contribution in [-0.2, 0) is 4.79 Å². The number of carbonyl (C=O) groups is 1. The number of aliphatic hydroxyl groups excluding tert-OH is 1. The number of benzene rings is 1. The van der Waals surface area contributed by atoms with Gasteiger partial charge in [-0.25, -0.2) is 4.79 Å². The molecule has 0 radical (unpaired) electrons. The summed E-state index contributed by atoms with van der Waals surface area (Å²) in [4.78, 5) is 14.2. The van der Waals surface area contributed by atoms with E-state index in [1.165, 1.54) is 6.21 Å². The maximum atomic E-state index is 10.5. The van der Waals surface area contributed by atoms with Crippen LogP contribution in [0.25, 0.3) is 0 Å². The number of rotatable bonds is 4. The molecule has 0 spiro atoms. The molecule has 0 bridgehead atoms. The molecule has 0 aliphatic heterocycles. The molecule has 0 saturated heterocycles. The van der Waals surface area contributed by atoms with Gasteiger partial charge in [0.05, 0.1) is 6.61 Å². The van der Waals surface area contributed by atoms with Gasteiger partial charge >= 0.3 is 5.97 Å². The highest BCUT2D eigenvalue weighted by Crippen LogP contribution is 1.96. The first kappa shape index (κ1) is 10.4. The van der Waals surface area contributed by atoms with Gasteiger partial charge in [0.2, 0.25) is 0 Å². The average Bonchev–Trinajstić information content (AvgIpc) is 2.20. The second-order valence-corrected chi connectivity index (χ2v) is 2.73. The van der Waals surface area contributed by atoms with Crippen molar-refractivity contribution in [3.63, 3.8) is 0 Å². The van der Waals surface area contributed by atoms with E-state index in [-0.39, 0.29) is 0 Å². The zero-order chi connectivity index (χ0) is 10.4. The second-order valence-electron chi connectivity index (χ2n) is 2.73. The van der Waals surface area contributed by atoms with Crippen LogP contribution in [0.2, 0.25) is 0 Å². The van der Waals surface area contributed by atoms with Crippen LogP contribution in [0, 0.1) is 0 Å². The number of aliphatic carboxylic acids is 1. The van der Waals surface area contributed by atoms with Gasteiger partial charge in [-0.05, 0) is 5.56 Å². The van der Waals surface area contributed by atoms with Crippen molar-refractivity contribution >= 4 is 12.2 Å². The fraction of sp³-hybridized carbons (Fsp3) is 0.200. The van der Waals surface area contributed by atoms with Crippen LogP contribution < -0.4 is 0 Å². The molecule has 1 rings (SSSR count). The number of hydrogen-bond acceptors (Lipinski definition) is 3. The van der Waals surface area contributed by atoms with Gasteiger partial charge in [0, 0.05) is 6.21 Å². The van der Waals surface area contributed by atoms with Crippen molar-refractivity contribution in [2.45, 2.75) is 6.04 Å². The minimum Gasteiger partial charge on any atom is -0.480 e. The lowest BCUT2D eigenvalue weighted by atomic mass is 10.2. The predicted octanol–water partition coefficient (Wildman–Crippen LogP) is 0.551. The smallest absolute Gasteiger partial charge is 0.330 e. The molecule has 2 N–H and O–H groups in total. The molecular formula is C10H11NO3. The Labute approximate surface area is 81.5 Å².